The van der Waals surface area contributed by atoms with Crippen LogP contribution in [0.15, 0.2) is 352 Å². The van der Waals surface area contributed by atoms with Crippen LogP contribution in [-0.2, 0) is 0 Å². The summed E-state index contributed by atoms with van der Waals surface area (Å²) in [6.45, 7) is 0.973. The molecule has 480 valence electrons. The molecule has 0 atom stereocenters. The molecule has 24 rings (SSSR count). The Morgan fingerprint density at radius 3 is 1.23 bits per heavy atom. The summed E-state index contributed by atoms with van der Waals surface area (Å²) >= 11 is 0. The van der Waals surface area contributed by atoms with Crippen molar-refractivity contribution in [2.24, 2.45) is 0 Å². The van der Waals surface area contributed by atoms with Crippen molar-refractivity contribution in [3.8, 4) is 44.5 Å². The standard InChI is InChI=1S/4C24H16BN/c1-3-9-19-17(7-1)13-14-23-24(19)20-10-4-5-11-21(20)25-16-15-18-8-2-6-12-22(18)26(23)25;1-2-9-19-16-24-21(15-18(19)8-1)20-10-4-6-12-23(20)25-22-11-5-3-7-17(22)13-14-26(24)25;1-2-9-19-16-26-23-14-13-17-7-3-4-10-20(17)24(23)21-11-5-6-12-22(21)25(26)15-18(19)8-1;1-2-8-18-14-24-22(13-17(18)7-1)21-11-5-6-12-23(21)25-15-19-9-3-4-10-20(19)16-26(24)25/h4*1-16H. The quantitative estimate of drug-likeness (QED) is 0.140. The van der Waals surface area contributed by atoms with E-state index in [0.29, 0.717) is 0 Å². The smallest absolute Gasteiger partial charge is 0.328 e. The van der Waals surface area contributed by atoms with Crippen LogP contribution in [0.4, 0.5) is 28.4 Å². The molecule has 0 aromatic heterocycles. The van der Waals surface area contributed by atoms with Crippen LogP contribution in [0.25, 0.3) is 124 Å². The largest absolute Gasteiger partial charge is 0.382 e. The Morgan fingerprint density at radius 1 is 0.231 bits per heavy atom. The van der Waals surface area contributed by atoms with Crippen LogP contribution in [0.1, 0.15) is 11.1 Å². The predicted molar refractivity (Wildman–Crippen MR) is 448 cm³/mol. The van der Waals surface area contributed by atoms with Gasteiger partial charge in [0.25, 0.3) is 0 Å². The first-order valence-electron chi connectivity index (χ1n) is 36.3. The Bertz CT molecular complexity index is 6540. The van der Waals surface area contributed by atoms with Gasteiger partial charge >= 0.3 is 27.4 Å². The van der Waals surface area contributed by atoms with Crippen molar-refractivity contribution in [3.63, 3.8) is 0 Å². The number of hydrogen-bond donors (Lipinski definition) is 0. The summed E-state index contributed by atoms with van der Waals surface area (Å²) in [6.07, 6.45) is 11.4. The maximum absolute atomic E-state index is 2.50. The number of benzene rings is 16. The molecule has 4 nitrogen and oxygen atoms in total. The van der Waals surface area contributed by atoms with Crippen molar-refractivity contribution in [1.29, 1.82) is 0 Å². The maximum Gasteiger partial charge on any atom is 0.328 e. The lowest BCUT2D eigenvalue weighted by molar-refractivity contribution is 1.35. The predicted octanol–water partition coefficient (Wildman–Crippen LogP) is 16.4. The summed E-state index contributed by atoms with van der Waals surface area (Å²) in [5.41, 5.74) is 26.7. The lowest BCUT2D eigenvalue weighted by Gasteiger charge is -2.40. The fourth-order valence-electron chi connectivity index (χ4n) is 17.8. The number of fused-ring (bicyclic) bond motifs is 36. The summed E-state index contributed by atoms with van der Waals surface area (Å²) in [5, 5.41) is 15.6. The molecule has 0 aliphatic carbocycles. The van der Waals surface area contributed by atoms with Crippen LogP contribution in [-0.4, -0.2) is 27.4 Å². The summed E-state index contributed by atoms with van der Waals surface area (Å²) in [5.74, 6) is 7.12. The van der Waals surface area contributed by atoms with Gasteiger partial charge in [-0.2, -0.15) is 0 Å². The molecule has 8 heteroatoms. The lowest BCUT2D eigenvalue weighted by atomic mass is 9.44. The van der Waals surface area contributed by atoms with Gasteiger partial charge in [0.2, 0.25) is 0 Å². The summed E-state index contributed by atoms with van der Waals surface area (Å²) in [4.78, 5) is 9.81. The third-order valence-corrected chi connectivity index (χ3v) is 22.6. The second kappa shape index (κ2) is 24.4. The Labute approximate surface area is 606 Å². The topological polar surface area (TPSA) is 13.0 Å². The molecule has 0 saturated carbocycles. The van der Waals surface area contributed by atoms with Gasteiger partial charge in [0.1, 0.15) is 0 Å². The van der Waals surface area contributed by atoms with Gasteiger partial charge in [0.05, 0.1) is 0 Å². The number of nitrogens with zero attached hydrogens (tertiary/aromatic N) is 4. The molecule has 8 heterocycles. The number of rotatable bonds is 0. The Morgan fingerprint density at radius 2 is 0.635 bits per heavy atom. The normalized spacial score (nSPS) is 13.8. The Balaban J connectivity index is 0.0000000896. The van der Waals surface area contributed by atoms with Crippen molar-refractivity contribution in [2.75, 3.05) is 19.2 Å². The molecule has 0 N–H and O–H groups in total. The minimum absolute atomic E-state index is 0.237. The van der Waals surface area contributed by atoms with E-state index in [1.165, 1.54) is 175 Å². The van der Waals surface area contributed by atoms with Gasteiger partial charge < -0.3 is 19.2 Å². The summed E-state index contributed by atoms with van der Waals surface area (Å²) in [7, 11) is 0. The highest BCUT2D eigenvalue weighted by atomic mass is 15.1. The first-order valence-corrected chi connectivity index (χ1v) is 36.3. The summed E-state index contributed by atoms with van der Waals surface area (Å²) in [6, 6.07) is 123. The van der Waals surface area contributed by atoms with Gasteiger partial charge in [-0.15, -0.1) is 0 Å². The first-order chi connectivity index (χ1) is 51.6. The fraction of sp³-hybridized carbons (Fsp3) is 0. The van der Waals surface area contributed by atoms with Crippen LogP contribution in [0.3, 0.4) is 0 Å². The van der Waals surface area contributed by atoms with Crippen molar-refractivity contribution in [2.45, 2.75) is 0 Å². The average molecular weight is 1320 g/mol. The molecule has 0 spiro atoms. The van der Waals surface area contributed by atoms with Crippen molar-refractivity contribution in [3.05, 3.63) is 384 Å². The monoisotopic (exact) mass is 1320 g/mol. The average Bonchev–Trinajstić information content (AvgIpc) is 0.736. The van der Waals surface area contributed by atoms with E-state index >= 15 is 0 Å². The van der Waals surface area contributed by atoms with Crippen molar-refractivity contribution in [1.82, 2.24) is 0 Å². The first kappa shape index (κ1) is 59.8. The van der Waals surface area contributed by atoms with E-state index in [2.05, 4.69) is 408 Å². The molecule has 0 unspecified atom stereocenters. The van der Waals surface area contributed by atoms with Gasteiger partial charge in [-0.3, -0.25) is 0 Å². The Kier molecular flexibility index (Phi) is 14.0. The number of hydrogen-bond acceptors (Lipinski definition) is 4. The highest BCUT2D eigenvalue weighted by Gasteiger charge is 2.41. The van der Waals surface area contributed by atoms with E-state index < -0.39 is 0 Å². The van der Waals surface area contributed by atoms with Crippen molar-refractivity contribution < 1.29 is 0 Å². The maximum atomic E-state index is 2.50. The van der Waals surface area contributed by atoms with Gasteiger partial charge in [-0.25, -0.2) is 0 Å². The molecule has 104 heavy (non-hydrogen) atoms. The van der Waals surface area contributed by atoms with E-state index in [1.54, 1.807) is 0 Å². The minimum Gasteiger partial charge on any atom is -0.382 e. The lowest BCUT2D eigenvalue weighted by Crippen LogP contribution is -2.59. The zero-order valence-electron chi connectivity index (χ0n) is 57.0. The van der Waals surface area contributed by atoms with E-state index in [0.717, 1.165) is 0 Å². The third kappa shape index (κ3) is 9.66. The molecule has 0 fully saturated rings. The van der Waals surface area contributed by atoms with Crippen LogP contribution in [0.2, 0.25) is 0 Å². The van der Waals surface area contributed by atoms with Crippen LogP contribution >= 0.6 is 0 Å². The third-order valence-electron chi connectivity index (χ3n) is 22.6. The van der Waals surface area contributed by atoms with E-state index in [9.17, 15) is 0 Å². The molecular formula is C96H64B4N4. The second-order valence-corrected chi connectivity index (χ2v) is 28.2. The zero-order chi connectivity index (χ0) is 68.3. The second-order valence-electron chi connectivity index (χ2n) is 28.2. The molecule has 0 radical (unpaired) electrons. The molecular weight excluding hydrogens is 1250 g/mol. The SMILES string of the molecule is C1=CN2B(c3ccccc31)c1ccccc1-c1cc3ccccc3cc12.C1=Cc2ccccc2N2B1c1ccccc1-c1c2ccc2ccccc12.C1=c2ccccc2=CN2B1c1ccccc1-c1c2ccc2ccccc12.C1=c2ccccc2=CN2B1c1ccccc1-c1cc3ccccc3cc12. The highest BCUT2D eigenvalue weighted by Crippen LogP contribution is 2.48. The molecule has 16 aromatic rings. The van der Waals surface area contributed by atoms with Gasteiger partial charge in [0, 0.05) is 50.7 Å². The van der Waals surface area contributed by atoms with E-state index in [-0.39, 0.29) is 27.4 Å². The fourth-order valence-corrected chi connectivity index (χ4v) is 17.8. The molecule has 0 saturated heterocycles. The van der Waals surface area contributed by atoms with Gasteiger partial charge in [-0.1, -0.05) is 321 Å². The highest BCUT2D eigenvalue weighted by molar-refractivity contribution is 6.92. The molecule has 8 aliphatic rings. The van der Waals surface area contributed by atoms with Crippen molar-refractivity contribution >= 4 is 163 Å². The zero-order valence-corrected chi connectivity index (χ0v) is 57.0. The number of para-hydroxylation sites is 1. The van der Waals surface area contributed by atoms with Gasteiger partial charge in [-0.05, 0) is 192 Å². The van der Waals surface area contributed by atoms with Crippen LogP contribution in [0.5, 0.6) is 0 Å². The minimum atomic E-state index is 0.237. The Hall–Kier alpha value is -13.0. The summed E-state index contributed by atoms with van der Waals surface area (Å²) < 4.78 is 0. The van der Waals surface area contributed by atoms with Crippen LogP contribution < -0.4 is 67.4 Å². The van der Waals surface area contributed by atoms with Crippen LogP contribution in [0, 0.1) is 0 Å². The van der Waals surface area contributed by atoms with E-state index in [4.69, 9.17) is 0 Å². The molecule has 0 bridgehead atoms. The van der Waals surface area contributed by atoms with Gasteiger partial charge in [0.15, 0.2) is 0 Å². The number of anilines is 5. The molecule has 8 aliphatic heterocycles. The van der Waals surface area contributed by atoms with E-state index in [1.807, 2.05) is 0 Å². The molecule has 16 aromatic carbocycles. The molecule has 0 amide bonds.